The van der Waals surface area contributed by atoms with E-state index in [4.69, 9.17) is 9.47 Å². The maximum atomic E-state index is 13.1. The molecule has 1 heterocycles. The largest absolute Gasteiger partial charge is 0.504 e. The van der Waals surface area contributed by atoms with Crippen LogP contribution in [0.1, 0.15) is 58.3 Å². The van der Waals surface area contributed by atoms with Crippen molar-refractivity contribution in [2.24, 2.45) is 0 Å². The first kappa shape index (κ1) is 40.2. The minimum atomic E-state index is -1.42. The average molecular weight is 794 g/mol. The minimum Gasteiger partial charge on any atom is -0.504 e. The van der Waals surface area contributed by atoms with Gasteiger partial charge in [-0.15, -0.1) is 11.3 Å². The molecule has 0 saturated carbocycles. The molecule has 5 aromatic rings. The van der Waals surface area contributed by atoms with Crippen LogP contribution in [0.4, 0.5) is 22.7 Å². The topological polar surface area (TPSA) is 278 Å². The number of carboxylic acids is 1. The summed E-state index contributed by atoms with van der Waals surface area (Å²) in [5.74, 6) is -6.70. The van der Waals surface area contributed by atoms with Gasteiger partial charge in [-0.05, 0) is 72.8 Å². The van der Waals surface area contributed by atoms with Gasteiger partial charge in [0.15, 0.2) is 23.0 Å². The van der Waals surface area contributed by atoms with Crippen molar-refractivity contribution in [3.05, 3.63) is 112 Å². The number of phenolic OH excluding ortho intramolecular Hbond substituents is 1. The Morgan fingerprint density at radius 1 is 0.702 bits per heavy atom. The van der Waals surface area contributed by atoms with E-state index in [1.807, 2.05) is 6.07 Å². The summed E-state index contributed by atoms with van der Waals surface area (Å²) in [6.45, 7) is 0. The van der Waals surface area contributed by atoms with Gasteiger partial charge in [-0.25, -0.2) is 9.78 Å². The lowest BCUT2D eigenvalue weighted by atomic mass is 10.1. The van der Waals surface area contributed by atoms with Crippen LogP contribution in [0.5, 0.6) is 23.0 Å². The van der Waals surface area contributed by atoms with Crippen LogP contribution in [0, 0.1) is 11.3 Å². The number of anilines is 4. The third-order valence-corrected chi connectivity index (χ3v) is 8.63. The molecule has 1 aromatic heterocycles. The second-order valence-corrected chi connectivity index (χ2v) is 12.4. The number of carboxylic acid groups (broad SMARTS) is 1. The van der Waals surface area contributed by atoms with Gasteiger partial charge in [0.25, 0.3) is 23.6 Å². The molecule has 1 unspecified atom stereocenters. The van der Waals surface area contributed by atoms with E-state index in [0.717, 1.165) is 13.2 Å². The number of ether oxygens (including phenoxy) is 2. The lowest BCUT2D eigenvalue weighted by Crippen LogP contribution is -2.43. The number of thiazole rings is 1. The van der Waals surface area contributed by atoms with Gasteiger partial charge in [-0.2, -0.15) is 5.26 Å². The quantitative estimate of drug-likeness (QED) is 0.0759. The van der Waals surface area contributed by atoms with Crippen LogP contribution < -0.4 is 36.1 Å². The molecule has 57 heavy (non-hydrogen) atoms. The van der Waals surface area contributed by atoms with Crippen LogP contribution in [-0.2, 0) is 4.79 Å². The maximum Gasteiger partial charge on any atom is 0.339 e. The van der Waals surface area contributed by atoms with Crippen LogP contribution >= 0.6 is 11.3 Å². The number of nitrogens with zero attached hydrogens (tertiary/aromatic N) is 2. The van der Waals surface area contributed by atoms with Gasteiger partial charge in [-0.3, -0.25) is 24.0 Å². The average Bonchev–Trinajstić information content (AvgIpc) is 3.74. The summed E-state index contributed by atoms with van der Waals surface area (Å²) < 4.78 is 10.3. The Labute approximate surface area is 326 Å². The van der Waals surface area contributed by atoms with Gasteiger partial charge in [0.2, 0.25) is 5.91 Å². The number of phenols is 2. The molecule has 0 aliphatic rings. The minimum absolute atomic E-state index is 0.0138. The third-order valence-electron chi connectivity index (χ3n) is 8.04. The molecule has 0 fully saturated rings. The number of aromatic hydroxyl groups is 2. The van der Waals surface area contributed by atoms with Crippen molar-refractivity contribution >= 4 is 69.6 Å². The van der Waals surface area contributed by atoms with Crippen molar-refractivity contribution in [3.63, 3.8) is 0 Å². The van der Waals surface area contributed by atoms with E-state index in [-0.39, 0.29) is 57.4 Å². The Hall–Kier alpha value is -7.98. The summed E-state index contributed by atoms with van der Waals surface area (Å²) >= 11 is 1.27. The van der Waals surface area contributed by atoms with Gasteiger partial charge >= 0.3 is 5.97 Å². The molecule has 5 rings (SSSR count). The molecule has 5 amide bonds. The summed E-state index contributed by atoms with van der Waals surface area (Å²) in [6.07, 6.45) is -0.355. The summed E-state index contributed by atoms with van der Waals surface area (Å²) in [5.41, 5.74) is 1.84. The summed E-state index contributed by atoms with van der Waals surface area (Å²) in [4.78, 5) is 79.7. The highest BCUT2D eigenvalue weighted by Crippen LogP contribution is 2.40. The summed E-state index contributed by atoms with van der Waals surface area (Å²) in [7, 11) is 2.35. The number of aromatic nitrogens is 1. The SMILES string of the molecule is COc1c(NC(=O)c2ccc(NC(=O)c3ccc(NC(=O)C(CC#N)NC(=O)c4ccc(NC(=O)c5cscn5)cc4)cc3)c(OC)c2O)ccc(C(=O)O)c1O. The predicted molar refractivity (Wildman–Crippen MR) is 205 cm³/mol. The second-order valence-electron chi connectivity index (χ2n) is 11.7. The van der Waals surface area contributed by atoms with Gasteiger partial charge in [0.1, 0.15) is 17.3 Å². The second kappa shape index (κ2) is 17.9. The van der Waals surface area contributed by atoms with E-state index in [1.165, 1.54) is 90.7 Å². The van der Waals surface area contributed by atoms with Gasteiger partial charge < -0.3 is 51.4 Å². The standard InChI is InChI=1S/C38H31N7O11S/c1-55-31-25(13-11-23(29(31)46)35(50)44-26-14-12-24(38(53)54)30(47)32(26)56-2)43-33(48)19-3-7-21(8-4-19)41-36(51)27(15-16-39)45-34(49)20-5-9-22(10-6-20)42-37(52)28-17-57-18-40-28/h3-14,17-18,27,46-47H,15H2,1-2H3,(H,41,51)(H,42,52)(H,43,48)(H,44,50)(H,45,49)(H,53,54). The molecule has 0 aliphatic carbocycles. The molecule has 18 nitrogen and oxygen atoms in total. The van der Waals surface area contributed by atoms with Crippen molar-refractivity contribution in [2.75, 3.05) is 35.5 Å². The van der Waals surface area contributed by atoms with E-state index in [9.17, 15) is 49.3 Å². The van der Waals surface area contributed by atoms with Crippen LogP contribution in [0.15, 0.2) is 83.7 Å². The van der Waals surface area contributed by atoms with E-state index in [0.29, 0.717) is 5.69 Å². The number of hydrogen-bond donors (Lipinski definition) is 8. The molecule has 19 heteroatoms. The molecule has 290 valence electrons. The molecule has 4 aromatic carbocycles. The zero-order chi connectivity index (χ0) is 41.2. The normalized spacial score (nSPS) is 10.9. The zero-order valence-electron chi connectivity index (χ0n) is 29.8. The lowest BCUT2D eigenvalue weighted by molar-refractivity contribution is -0.117. The number of benzene rings is 4. The fourth-order valence-electron chi connectivity index (χ4n) is 5.19. The van der Waals surface area contributed by atoms with E-state index in [1.54, 1.807) is 5.38 Å². The number of nitrogens with one attached hydrogen (secondary N) is 5. The molecule has 0 bridgehead atoms. The van der Waals surface area contributed by atoms with Gasteiger partial charge in [0, 0.05) is 27.9 Å². The van der Waals surface area contributed by atoms with Crippen LogP contribution in [-0.4, -0.2) is 76.1 Å². The van der Waals surface area contributed by atoms with Crippen LogP contribution in [0.25, 0.3) is 0 Å². The molecule has 1 atom stereocenters. The Bertz CT molecular complexity index is 2400. The Morgan fingerprint density at radius 2 is 1.23 bits per heavy atom. The highest BCUT2D eigenvalue weighted by atomic mass is 32.1. The Balaban J connectivity index is 1.20. The number of methoxy groups -OCH3 is 2. The number of carbonyl (C=O) groups is 6. The van der Waals surface area contributed by atoms with Crippen molar-refractivity contribution in [2.45, 2.75) is 12.5 Å². The van der Waals surface area contributed by atoms with Crippen molar-refractivity contribution in [1.82, 2.24) is 10.3 Å². The number of carbonyl (C=O) groups excluding carboxylic acids is 5. The van der Waals surface area contributed by atoms with Gasteiger partial charge in [-0.1, -0.05) is 0 Å². The van der Waals surface area contributed by atoms with Crippen molar-refractivity contribution < 1.29 is 53.6 Å². The van der Waals surface area contributed by atoms with Crippen molar-refractivity contribution in [3.8, 4) is 29.1 Å². The van der Waals surface area contributed by atoms with E-state index in [2.05, 4.69) is 31.6 Å². The zero-order valence-corrected chi connectivity index (χ0v) is 30.6. The molecule has 0 spiro atoms. The lowest BCUT2D eigenvalue weighted by Gasteiger charge is -2.17. The highest BCUT2D eigenvalue weighted by Gasteiger charge is 2.25. The van der Waals surface area contributed by atoms with Crippen LogP contribution in [0.2, 0.25) is 0 Å². The molecule has 8 N–H and O–H groups in total. The molecular weight excluding hydrogens is 763 g/mol. The Kier molecular flexibility index (Phi) is 12.6. The number of amides is 5. The fraction of sp³-hybridized carbons (Fsp3) is 0.105. The van der Waals surface area contributed by atoms with Gasteiger partial charge in [0.05, 0.1) is 49.2 Å². The van der Waals surface area contributed by atoms with E-state index >= 15 is 0 Å². The third kappa shape index (κ3) is 9.40. The van der Waals surface area contributed by atoms with Crippen LogP contribution in [0.3, 0.4) is 0 Å². The number of hydrogen-bond acceptors (Lipinski definition) is 13. The molecular formula is C38H31N7O11S. The summed E-state index contributed by atoms with van der Waals surface area (Å²) in [6, 6.07) is 16.8. The first-order chi connectivity index (χ1) is 27.3. The number of rotatable bonds is 14. The first-order valence-corrected chi connectivity index (χ1v) is 17.3. The summed E-state index contributed by atoms with van der Waals surface area (Å²) in [5, 5.41) is 54.1. The number of aromatic carboxylic acids is 1. The van der Waals surface area contributed by atoms with Crippen molar-refractivity contribution in [1.29, 1.82) is 5.26 Å². The number of nitriles is 1. The molecule has 0 saturated heterocycles. The molecule has 0 aliphatic heterocycles. The fourth-order valence-corrected chi connectivity index (χ4v) is 5.73. The highest BCUT2D eigenvalue weighted by molar-refractivity contribution is 7.07. The monoisotopic (exact) mass is 793 g/mol. The van der Waals surface area contributed by atoms with E-state index < -0.39 is 58.6 Å². The molecule has 0 radical (unpaired) electrons. The smallest absolute Gasteiger partial charge is 0.339 e. The maximum absolute atomic E-state index is 13.1. The predicted octanol–water partition coefficient (Wildman–Crippen LogP) is 4.68. The Morgan fingerprint density at radius 3 is 1.75 bits per heavy atom. The first-order valence-electron chi connectivity index (χ1n) is 16.4.